The zero-order valence-corrected chi connectivity index (χ0v) is 17.9. The molecule has 0 N–H and O–H groups in total. The van der Waals surface area contributed by atoms with E-state index < -0.39 is 0 Å². The highest BCUT2D eigenvalue weighted by molar-refractivity contribution is 5.69. The lowest BCUT2D eigenvalue weighted by Crippen LogP contribution is -2.23. The molecule has 0 aromatic carbocycles. The molecule has 0 saturated heterocycles. The maximum Gasteiger partial charge on any atom is 0.305 e. The van der Waals surface area contributed by atoms with E-state index in [1.54, 1.807) is 0 Å². The molecule has 3 heteroatoms. The molecule has 0 aliphatic carbocycles. The SMILES string of the molecule is CCCCCCCCC=CCCCCCCCC(=O)OCCN(C)CC. The number of unbranched alkanes of at least 4 members (excludes halogenated alkanes) is 11. The summed E-state index contributed by atoms with van der Waals surface area (Å²) in [6, 6.07) is 0. The van der Waals surface area contributed by atoms with E-state index in [-0.39, 0.29) is 5.97 Å². The second-order valence-electron chi connectivity index (χ2n) is 7.45. The molecule has 0 bridgehead atoms. The molecule has 0 saturated carbocycles. The van der Waals surface area contributed by atoms with E-state index in [0.29, 0.717) is 13.0 Å². The topological polar surface area (TPSA) is 29.5 Å². The largest absolute Gasteiger partial charge is 0.464 e. The van der Waals surface area contributed by atoms with Gasteiger partial charge in [0.05, 0.1) is 0 Å². The van der Waals surface area contributed by atoms with Gasteiger partial charge in [0.1, 0.15) is 6.61 Å². The van der Waals surface area contributed by atoms with Crippen LogP contribution in [0.2, 0.25) is 0 Å². The number of ether oxygens (including phenoxy) is 1. The van der Waals surface area contributed by atoms with Crippen LogP contribution in [0.25, 0.3) is 0 Å². The van der Waals surface area contributed by atoms with Gasteiger partial charge in [-0.3, -0.25) is 4.79 Å². The number of carbonyl (C=O) groups excluding carboxylic acids is 1. The Hall–Kier alpha value is -0.830. The number of likely N-dealkylation sites (N-methyl/N-ethyl adjacent to an activating group) is 1. The van der Waals surface area contributed by atoms with Gasteiger partial charge in [0, 0.05) is 13.0 Å². The van der Waals surface area contributed by atoms with Gasteiger partial charge in [-0.05, 0) is 45.7 Å². The molecule has 26 heavy (non-hydrogen) atoms. The second-order valence-corrected chi connectivity index (χ2v) is 7.45. The van der Waals surface area contributed by atoms with Gasteiger partial charge in [0.25, 0.3) is 0 Å². The fraction of sp³-hybridized carbons (Fsp3) is 0.870. The lowest BCUT2D eigenvalue weighted by atomic mass is 10.1. The molecule has 0 amide bonds. The highest BCUT2D eigenvalue weighted by Gasteiger charge is 2.03. The van der Waals surface area contributed by atoms with Crippen molar-refractivity contribution < 1.29 is 9.53 Å². The molecule has 0 unspecified atom stereocenters. The van der Waals surface area contributed by atoms with Gasteiger partial charge >= 0.3 is 5.97 Å². The van der Waals surface area contributed by atoms with Gasteiger partial charge in [0.15, 0.2) is 0 Å². The van der Waals surface area contributed by atoms with Crippen LogP contribution in [0.4, 0.5) is 0 Å². The summed E-state index contributed by atoms with van der Waals surface area (Å²) in [5.74, 6) is -0.0351. The van der Waals surface area contributed by atoms with Gasteiger partial charge in [-0.2, -0.15) is 0 Å². The Morgan fingerprint density at radius 1 is 0.808 bits per heavy atom. The normalized spacial score (nSPS) is 11.5. The molecule has 3 nitrogen and oxygen atoms in total. The van der Waals surface area contributed by atoms with Gasteiger partial charge < -0.3 is 9.64 Å². The van der Waals surface area contributed by atoms with Gasteiger partial charge in [-0.25, -0.2) is 0 Å². The summed E-state index contributed by atoms with van der Waals surface area (Å²) in [6.45, 7) is 6.72. The van der Waals surface area contributed by atoms with E-state index in [9.17, 15) is 4.79 Å². The van der Waals surface area contributed by atoms with Gasteiger partial charge in [0.2, 0.25) is 0 Å². The first-order valence-corrected chi connectivity index (χ1v) is 11.2. The number of nitrogens with zero attached hydrogens (tertiary/aromatic N) is 1. The van der Waals surface area contributed by atoms with Crippen LogP contribution in [-0.4, -0.2) is 37.6 Å². The standard InChI is InChI=1S/C23H45NO2/c1-4-6-7-8-9-10-11-12-13-14-15-16-17-18-19-20-23(25)26-22-21-24(3)5-2/h12-13H,4-11,14-22H2,1-3H3. The zero-order chi connectivity index (χ0) is 19.3. The Morgan fingerprint density at radius 2 is 1.35 bits per heavy atom. The van der Waals surface area contributed by atoms with E-state index in [1.165, 1.54) is 70.6 Å². The average Bonchev–Trinajstić information content (AvgIpc) is 2.64. The third kappa shape index (κ3) is 19.5. The van der Waals surface area contributed by atoms with Gasteiger partial charge in [-0.15, -0.1) is 0 Å². The molecular formula is C23H45NO2. The van der Waals surface area contributed by atoms with Crippen LogP contribution in [0.15, 0.2) is 12.2 Å². The number of carbonyl (C=O) groups is 1. The van der Waals surface area contributed by atoms with Crippen LogP contribution >= 0.6 is 0 Å². The molecule has 0 atom stereocenters. The van der Waals surface area contributed by atoms with Crippen LogP contribution in [0.5, 0.6) is 0 Å². The smallest absolute Gasteiger partial charge is 0.305 e. The molecule has 0 aliphatic heterocycles. The Labute approximate surface area is 163 Å². The minimum Gasteiger partial charge on any atom is -0.464 e. The summed E-state index contributed by atoms with van der Waals surface area (Å²) >= 11 is 0. The summed E-state index contributed by atoms with van der Waals surface area (Å²) in [7, 11) is 2.04. The third-order valence-electron chi connectivity index (χ3n) is 4.92. The zero-order valence-electron chi connectivity index (χ0n) is 17.9. The van der Waals surface area contributed by atoms with E-state index >= 15 is 0 Å². The molecule has 0 heterocycles. The quantitative estimate of drug-likeness (QED) is 0.148. The highest BCUT2D eigenvalue weighted by Crippen LogP contribution is 2.10. The number of hydrogen-bond acceptors (Lipinski definition) is 3. The summed E-state index contributed by atoms with van der Waals surface area (Å²) < 4.78 is 5.24. The monoisotopic (exact) mass is 367 g/mol. The lowest BCUT2D eigenvalue weighted by molar-refractivity contribution is -0.144. The maximum absolute atomic E-state index is 11.6. The summed E-state index contributed by atoms with van der Waals surface area (Å²) in [4.78, 5) is 13.7. The number of hydrogen-bond donors (Lipinski definition) is 0. The minimum atomic E-state index is -0.0351. The molecule has 154 valence electrons. The molecule has 0 aromatic rings. The van der Waals surface area contributed by atoms with Crippen molar-refractivity contribution in [1.29, 1.82) is 0 Å². The average molecular weight is 368 g/mol. The first kappa shape index (κ1) is 25.2. The van der Waals surface area contributed by atoms with E-state index in [2.05, 4.69) is 30.9 Å². The predicted molar refractivity (Wildman–Crippen MR) is 114 cm³/mol. The van der Waals surface area contributed by atoms with Crippen LogP contribution < -0.4 is 0 Å². The van der Waals surface area contributed by atoms with E-state index in [0.717, 1.165) is 25.9 Å². The molecule has 0 aliphatic rings. The van der Waals surface area contributed by atoms with Crippen molar-refractivity contribution in [3.63, 3.8) is 0 Å². The Bertz CT molecular complexity index is 328. The van der Waals surface area contributed by atoms with Crippen LogP contribution in [0, 0.1) is 0 Å². The summed E-state index contributed by atoms with van der Waals surface area (Å²) in [6.07, 6.45) is 22.0. The first-order chi connectivity index (χ1) is 12.7. The fourth-order valence-corrected chi connectivity index (χ4v) is 2.89. The Balaban J connectivity index is 3.23. The molecule has 0 spiro atoms. The number of allylic oxidation sites excluding steroid dienone is 2. The molecule has 0 rings (SSSR count). The van der Waals surface area contributed by atoms with Crippen molar-refractivity contribution in [2.45, 2.75) is 104 Å². The summed E-state index contributed by atoms with van der Waals surface area (Å²) in [5.41, 5.74) is 0. The van der Waals surface area contributed by atoms with Crippen molar-refractivity contribution in [3.8, 4) is 0 Å². The van der Waals surface area contributed by atoms with E-state index in [4.69, 9.17) is 4.74 Å². The Kier molecular flexibility index (Phi) is 19.8. The molecule has 0 fully saturated rings. The molecular weight excluding hydrogens is 322 g/mol. The van der Waals surface area contributed by atoms with Gasteiger partial charge in [-0.1, -0.05) is 77.4 Å². The second kappa shape index (κ2) is 20.5. The lowest BCUT2D eigenvalue weighted by Gasteiger charge is -2.13. The van der Waals surface area contributed by atoms with Crippen molar-refractivity contribution in [3.05, 3.63) is 12.2 Å². The van der Waals surface area contributed by atoms with Crippen LogP contribution in [-0.2, 0) is 9.53 Å². The summed E-state index contributed by atoms with van der Waals surface area (Å²) in [5, 5.41) is 0. The van der Waals surface area contributed by atoms with Crippen molar-refractivity contribution in [2.24, 2.45) is 0 Å². The predicted octanol–water partition coefficient (Wildman–Crippen LogP) is 6.52. The fourth-order valence-electron chi connectivity index (χ4n) is 2.89. The first-order valence-electron chi connectivity index (χ1n) is 11.2. The highest BCUT2D eigenvalue weighted by atomic mass is 16.5. The maximum atomic E-state index is 11.6. The van der Waals surface area contributed by atoms with Crippen LogP contribution in [0.3, 0.4) is 0 Å². The van der Waals surface area contributed by atoms with Crippen LogP contribution in [0.1, 0.15) is 104 Å². The third-order valence-corrected chi connectivity index (χ3v) is 4.92. The molecule has 0 aromatic heterocycles. The minimum absolute atomic E-state index is 0.0351. The number of esters is 1. The Morgan fingerprint density at radius 3 is 1.92 bits per heavy atom. The molecule has 0 radical (unpaired) electrons. The van der Waals surface area contributed by atoms with E-state index in [1.807, 2.05) is 7.05 Å². The van der Waals surface area contributed by atoms with Crippen molar-refractivity contribution in [2.75, 3.05) is 26.7 Å². The van der Waals surface area contributed by atoms with Crippen molar-refractivity contribution >= 4 is 5.97 Å². The number of rotatable bonds is 19. The van der Waals surface area contributed by atoms with Crippen molar-refractivity contribution in [1.82, 2.24) is 4.90 Å².